The van der Waals surface area contributed by atoms with Crippen molar-refractivity contribution < 1.29 is 17.5 Å². The van der Waals surface area contributed by atoms with Gasteiger partial charge in [0.15, 0.2) is 0 Å². The summed E-state index contributed by atoms with van der Waals surface area (Å²) in [7, 11) is -2.44. The molecule has 96 valence electrons. The highest BCUT2D eigenvalue weighted by atomic mass is 35.5. The minimum atomic E-state index is -3.89. The van der Waals surface area contributed by atoms with Gasteiger partial charge in [0.25, 0.3) is 0 Å². The molecule has 1 N–H and O–H groups in total. The molecule has 0 saturated heterocycles. The third-order valence-electron chi connectivity index (χ3n) is 1.96. The molecule has 0 spiro atoms. The monoisotopic (exact) mass is 281 g/mol. The average Bonchev–Trinajstić information content (AvgIpc) is 2.15. The molecule has 0 aromatic heterocycles. The van der Waals surface area contributed by atoms with Gasteiger partial charge in [0.05, 0.1) is 6.61 Å². The Morgan fingerprint density at radius 3 is 2.71 bits per heavy atom. The lowest BCUT2D eigenvalue weighted by molar-refractivity contribution is 0.180. The molecule has 0 amide bonds. The van der Waals surface area contributed by atoms with Gasteiger partial charge in [0, 0.05) is 18.2 Å². The smallest absolute Gasteiger partial charge is 0.243 e. The first kappa shape index (κ1) is 14.4. The van der Waals surface area contributed by atoms with Crippen molar-refractivity contribution in [2.45, 2.75) is 17.9 Å². The molecule has 1 rings (SSSR count). The van der Waals surface area contributed by atoms with Crippen LogP contribution in [0, 0.1) is 5.82 Å². The van der Waals surface area contributed by atoms with E-state index in [1.807, 2.05) is 0 Å². The molecule has 0 aliphatic carbocycles. The van der Waals surface area contributed by atoms with E-state index >= 15 is 0 Å². The van der Waals surface area contributed by atoms with Crippen molar-refractivity contribution in [3.05, 3.63) is 29.0 Å². The molecule has 0 saturated carbocycles. The van der Waals surface area contributed by atoms with E-state index in [1.54, 1.807) is 6.92 Å². The van der Waals surface area contributed by atoms with Gasteiger partial charge in [-0.3, -0.25) is 0 Å². The van der Waals surface area contributed by atoms with Crippen molar-refractivity contribution in [3.8, 4) is 0 Å². The second-order valence-electron chi connectivity index (χ2n) is 3.55. The highest BCUT2D eigenvalue weighted by Gasteiger charge is 2.21. The Hall–Kier alpha value is -0.690. The molecular weight excluding hydrogens is 269 g/mol. The van der Waals surface area contributed by atoms with E-state index in [0.29, 0.717) is 0 Å². The van der Waals surface area contributed by atoms with Crippen LogP contribution in [-0.4, -0.2) is 28.2 Å². The highest BCUT2D eigenvalue weighted by molar-refractivity contribution is 7.89. The summed E-state index contributed by atoms with van der Waals surface area (Å²) in [5.74, 6) is -0.880. The predicted molar refractivity (Wildman–Crippen MR) is 63.1 cm³/mol. The number of sulfonamides is 1. The Labute approximate surface area is 105 Å². The van der Waals surface area contributed by atoms with Crippen molar-refractivity contribution in [1.29, 1.82) is 0 Å². The lowest BCUT2D eigenvalue weighted by Gasteiger charge is -2.13. The largest absolute Gasteiger partial charge is 0.383 e. The number of rotatable bonds is 5. The zero-order valence-electron chi connectivity index (χ0n) is 9.41. The van der Waals surface area contributed by atoms with Crippen molar-refractivity contribution in [2.24, 2.45) is 0 Å². The van der Waals surface area contributed by atoms with Crippen LogP contribution in [0.4, 0.5) is 4.39 Å². The fourth-order valence-electron chi connectivity index (χ4n) is 1.31. The summed E-state index contributed by atoms with van der Waals surface area (Å²) in [6.45, 7) is 1.82. The first-order valence-corrected chi connectivity index (χ1v) is 6.69. The Morgan fingerprint density at radius 2 is 2.18 bits per heavy atom. The van der Waals surface area contributed by atoms with Crippen molar-refractivity contribution in [3.63, 3.8) is 0 Å². The fourth-order valence-corrected chi connectivity index (χ4v) is 2.75. The summed E-state index contributed by atoms with van der Waals surface area (Å²) in [5, 5.41) is 0.145. The van der Waals surface area contributed by atoms with Gasteiger partial charge >= 0.3 is 0 Å². The van der Waals surface area contributed by atoms with Gasteiger partial charge in [0.2, 0.25) is 10.0 Å². The van der Waals surface area contributed by atoms with Gasteiger partial charge in [-0.15, -0.1) is 0 Å². The Balaban J connectivity index is 2.97. The maximum atomic E-state index is 13.4. The lowest BCUT2D eigenvalue weighted by atomic mass is 10.3. The quantitative estimate of drug-likeness (QED) is 0.895. The number of hydrogen-bond donors (Lipinski definition) is 1. The summed E-state index contributed by atoms with van der Waals surface area (Å²) in [6.07, 6.45) is 0. The van der Waals surface area contributed by atoms with E-state index in [0.717, 1.165) is 12.1 Å². The Morgan fingerprint density at radius 1 is 1.53 bits per heavy atom. The molecule has 4 nitrogen and oxygen atoms in total. The van der Waals surface area contributed by atoms with Crippen LogP contribution in [0.3, 0.4) is 0 Å². The van der Waals surface area contributed by atoms with Crippen molar-refractivity contribution in [2.75, 3.05) is 13.7 Å². The Bertz CT molecular complexity index is 492. The first-order valence-electron chi connectivity index (χ1n) is 4.83. The topological polar surface area (TPSA) is 55.4 Å². The van der Waals surface area contributed by atoms with E-state index in [2.05, 4.69) is 4.72 Å². The van der Waals surface area contributed by atoms with Gasteiger partial charge in [-0.1, -0.05) is 11.6 Å². The molecular formula is C10H13ClFNO3S. The van der Waals surface area contributed by atoms with Crippen LogP contribution in [0.5, 0.6) is 0 Å². The predicted octanol–water partition coefficient (Wildman–Crippen LogP) is 1.79. The number of methoxy groups -OCH3 is 1. The molecule has 0 bridgehead atoms. The van der Waals surface area contributed by atoms with E-state index < -0.39 is 26.8 Å². The molecule has 0 aliphatic rings. The van der Waals surface area contributed by atoms with Gasteiger partial charge < -0.3 is 4.74 Å². The van der Waals surface area contributed by atoms with E-state index in [-0.39, 0.29) is 11.6 Å². The molecule has 7 heteroatoms. The molecule has 1 aromatic carbocycles. The normalized spacial score (nSPS) is 13.6. The number of ether oxygens (including phenoxy) is 1. The van der Waals surface area contributed by atoms with Crippen LogP contribution in [0.1, 0.15) is 6.92 Å². The first-order chi connectivity index (χ1) is 7.86. The van der Waals surface area contributed by atoms with Crippen LogP contribution >= 0.6 is 11.6 Å². The van der Waals surface area contributed by atoms with E-state index in [4.69, 9.17) is 16.3 Å². The number of benzene rings is 1. The minimum absolute atomic E-state index is 0.145. The van der Waals surface area contributed by atoms with E-state index in [9.17, 15) is 12.8 Å². The molecule has 0 heterocycles. The maximum Gasteiger partial charge on any atom is 0.243 e. The maximum absolute atomic E-state index is 13.4. The van der Waals surface area contributed by atoms with Gasteiger partial charge in [-0.25, -0.2) is 17.5 Å². The summed E-state index contributed by atoms with van der Waals surface area (Å²) in [4.78, 5) is -0.426. The zero-order valence-corrected chi connectivity index (χ0v) is 11.0. The van der Waals surface area contributed by atoms with Crippen molar-refractivity contribution in [1.82, 2.24) is 4.72 Å². The fraction of sp³-hybridized carbons (Fsp3) is 0.400. The molecule has 1 aromatic rings. The molecule has 0 aliphatic heterocycles. The van der Waals surface area contributed by atoms with Crippen molar-refractivity contribution >= 4 is 21.6 Å². The third-order valence-corrected chi connectivity index (χ3v) is 3.81. The summed E-state index contributed by atoms with van der Waals surface area (Å²) < 4.78 is 44.1. The molecule has 1 atom stereocenters. The van der Waals surface area contributed by atoms with Crippen LogP contribution in [-0.2, 0) is 14.8 Å². The Kier molecular flexibility index (Phi) is 4.88. The lowest BCUT2D eigenvalue weighted by Crippen LogP contribution is -2.36. The molecule has 0 fully saturated rings. The number of nitrogens with one attached hydrogen (secondary N) is 1. The standard InChI is InChI=1S/C10H13ClFNO3S/c1-7(6-16-2)13-17(14,15)10-4-3-8(11)5-9(10)12/h3-5,7,13H,6H2,1-2H3. The summed E-state index contributed by atoms with van der Waals surface area (Å²) in [5.41, 5.74) is 0. The van der Waals surface area contributed by atoms with Gasteiger partial charge in [-0.05, 0) is 25.1 Å². The average molecular weight is 282 g/mol. The molecule has 0 radical (unpaired) electrons. The number of halogens is 2. The van der Waals surface area contributed by atoms with E-state index in [1.165, 1.54) is 13.2 Å². The SMILES string of the molecule is COCC(C)NS(=O)(=O)c1ccc(Cl)cc1F. The third kappa shape index (κ3) is 3.92. The number of hydrogen-bond acceptors (Lipinski definition) is 3. The second kappa shape index (κ2) is 5.77. The summed E-state index contributed by atoms with van der Waals surface area (Å²) >= 11 is 5.55. The van der Waals surface area contributed by atoms with Crippen LogP contribution < -0.4 is 4.72 Å². The summed E-state index contributed by atoms with van der Waals surface area (Å²) in [6, 6.07) is 2.96. The van der Waals surface area contributed by atoms with Gasteiger partial charge in [-0.2, -0.15) is 0 Å². The minimum Gasteiger partial charge on any atom is -0.383 e. The van der Waals surface area contributed by atoms with Crippen LogP contribution in [0.25, 0.3) is 0 Å². The highest BCUT2D eigenvalue weighted by Crippen LogP contribution is 2.18. The van der Waals surface area contributed by atoms with Crippen LogP contribution in [0.2, 0.25) is 5.02 Å². The van der Waals surface area contributed by atoms with Gasteiger partial charge in [0.1, 0.15) is 10.7 Å². The molecule has 1 unspecified atom stereocenters. The van der Waals surface area contributed by atoms with Crippen LogP contribution in [0.15, 0.2) is 23.1 Å². The second-order valence-corrected chi connectivity index (χ2v) is 5.67. The zero-order chi connectivity index (χ0) is 13.1. The molecule has 17 heavy (non-hydrogen) atoms.